The first-order valence-corrected chi connectivity index (χ1v) is 9.23. The molecule has 1 unspecified atom stereocenters. The maximum atomic E-state index is 14.0. The van der Waals surface area contributed by atoms with E-state index in [9.17, 15) is 26.7 Å². The second-order valence-corrected chi connectivity index (χ2v) is 6.79. The fourth-order valence-corrected chi connectivity index (χ4v) is 2.95. The molecule has 32 heavy (non-hydrogen) atoms. The van der Waals surface area contributed by atoms with Gasteiger partial charge in [-0.3, -0.25) is 4.79 Å². The van der Waals surface area contributed by atoms with Gasteiger partial charge in [0.2, 0.25) is 5.89 Å². The Morgan fingerprint density at radius 2 is 1.78 bits per heavy atom. The Balaban J connectivity index is 1.82. The molecule has 2 N–H and O–H groups in total. The van der Waals surface area contributed by atoms with Crippen LogP contribution in [-0.2, 0) is 6.18 Å². The maximum absolute atomic E-state index is 14.0. The number of carbonyl (C=O) groups is 1. The number of oxazole rings is 1. The summed E-state index contributed by atoms with van der Waals surface area (Å²) in [7, 11) is 2.58. The molecule has 3 aromatic rings. The van der Waals surface area contributed by atoms with Crippen LogP contribution in [0.25, 0.3) is 11.5 Å². The molecule has 0 saturated heterocycles. The second kappa shape index (κ2) is 8.85. The van der Waals surface area contributed by atoms with Gasteiger partial charge in [-0.05, 0) is 42.8 Å². The topological polar surface area (TPSA) is 76.4 Å². The fraction of sp³-hybridized carbons (Fsp3) is 0.238. The average molecular weight is 455 g/mol. The van der Waals surface area contributed by atoms with Gasteiger partial charge in [-0.15, -0.1) is 0 Å². The van der Waals surface area contributed by atoms with Crippen LogP contribution in [-0.4, -0.2) is 25.0 Å². The summed E-state index contributed by atoms with van der Waals surface area (Å²) in [5, 5.41) is 4.90. The predicted molar refractivity (Wildman–Crippen MR) is 105 cm³/mol. The molecule has 0 saturated carbocycles. The highest BCUT2D eigenvalue weighted by molar-refractivity contribution is 5.92. The average Bonchev–Trinajstić information content (AvgIpc) is 3.23. The third kappa shape index (κ3) is 4.82. The Morgan fingerprint density at radius 1 is 1.12 bits per heavy atom. The lowest BCUT2D eigenvalue weighted by Gasteiger charge is -2.15. The van der Waals surface area contributed by atoms with Crippen molar-refractivity contribution in [2.75, 3.05) is 19.5 Å². The first kappa shape index (κ1) is 23.0. The van der Waals surface area contributed by atoms with Crippen LogP contribution in [0.15, 0.2) is 41.0 Å². The zero-order valence-electron chi connectivity index (χ0n) is 17.1. The predicted octanol–water partition coefficient (Wildman–Crippen LogP) is 5.18. The number of anilines is 1. The standard InChI is InChI=1S/C21H18F5N3O3/c1-10(11-6-15(22)18(27-2)16(23)7-11)28-19(30)17-9-32-20(29-17)12-4-13(21(24,25)26)8-14(5-12)31-3/h4-10,27H,1-3H3,(H,28,30). The van der Waals surface area contributed by atoms with Crippen LogP contribution in [0.2, 0.25) is 0 Å². The number of alkyl halides is 3. The van der Waals surface area contributed by atoms with Gasteiger partial charge in [0.25, 0.3) is 5.91 Å². The van der Waals surface area contributed by atoms with E-state index < -0.39 is 35.3 Å². The molecule has 0 radical (unpaired) electrons. The van der Waals surface area contributed by atoms with Crippen molar-refractivity contribution in [3.8, 4) is 17.2 Å². The molecule has 1 aromatic heterocycles. The number of nitrogens with zero attached hydrogens (tertiary/aromatic N) is 1. The molecule has 6 nitrogen and oxygen atoms in total. The van der Waals surface area contributed by atoms with Crippen molar-refractivity contribution >= 4 is 11.6 Å². The summed E-state index contributed by atoms with van der Waals surface area (Å²) in [6.45, 7) is 1.50. The number of halogens is 5. The SMILES string of the molecule is CNc1c(F)cc(C(C)NC(=O)c2coc(-c3cc(OC)cc(C(F)(F)F)c3)n2)cc1F. The molecule has 1 atom stereocenters. The Labute approximate surface area is 179 Å². The third-order valence-electron chi connectivity index (χ3n) is 4.62. The summed E-state index contributed by atoms with van der Waals surface area (Å²) in [6, 6.07) is 4.25. The van der Waals surface area contributed by atoms with Crippen molar-refractivity contribution in [2.24, 2.45) is 0 Å². The Bertz CT molecular complexity index is 1120. The summed E-state index contributed by atoms with van der Waals surface area (Å²) in [6.07, 6.45) is -3.66. The van der Waals surface area contributed by atoms with Gasteiger partial charge in [-0.2, -0.15) is 13.2 Å². The molecular formula is C21H18F5N3O3. The minimum atomic E-state index is -4.63. The molecule has 11 heteroatoms. The Kier molecular flexibility index (Phi) is 6.37. The van der Waals surface area contributed by atoms with Crippen LogP contribution in [0.5, 0.6) is 5.75 Å². The minimum Gasteiger partial charge on any atom is -0.497 e. The van der Waals surface area contributed by atoms with E-state index in [1.54, 1.807) is 0 Å². The number of ether oxygens (including phenoxy) is 1. The van der Waals surface area contributed by atoms with Gasteiger partial charge < -0.3 is 19.8 Å². The van der Waals surface area contributed by atoms with E-state index in [0.29, 0.717) is 0 Å². The number of hydrogen-bond donors (Lipinski definition) is 2. The maximum Gasteiger partial charge on any atom is 0.416 e. The van der Waals surface area contributed by atoms with E-state index >= 15 is 0 Å². The van der Waals surface area contributed by atoms with Crippen LogP contribution in [0, 0.1) is 11.6 Å². The third-order valence-corrected chi connectivity index (χ3v) is 4.62. The number of hydrogen-bond acceptors (Lipinski definition) is 5. The van der Waals surface area contributed by atoms with E-state index in [2.05, 4.69) is 15.6 Å². The van der Waals surface area contributed by atoms with Crippen molar-refractivity contribution in [1.29, 1.82) is 0 Å². The Hall–Kier alpha value is -3.63. The zero-order chi connectivity index (χ0) is 23.6. The van der Waals surface area contributed by atoms with E-state index in [-0.39, 0.29) is 34.1 Å². The van der Waals surface area contributed by atoms with Gasteiger partial charge in [-0.25, -0.2) is 13.8 Å². The van der Waals surface area contributed by atoms with Gasteiger partial charge >= 0.3 is 6.18 Å². The van der Waals surface area contributed by atoms with Gasteiger partial charge in [0.1, 0.15) is 29.3 Å². The molecule has 1 amide bonds. The van der Waals surface area contributed by atoms with E-state index in [4.69, 9.17) is 9.15 Å². The Morgan fingerprint density at radius 3 is 2.34 bits per heavy atom. The molecule has 0 spiro atoms. The lowest BCUT2D eigenvalue weighted by atomic mass is 10.1. The number of rotatable bonds is 6. The largest absolute Gasteiger partial charge is 0.497 e. The normalized spacial score (nSPS) is 12.4. The lowest BCUT2D eigenvalue weighted by Crippen LogP contribution is -2.27. The van der Waals surface area contributed by atoms with Crippen molar-refractivity contribution in [3.63, 3.8) is 0 Å². The van der Waals surface area contributed by atoms with Crippen LogP contribution in [0.4, 0.5) is 27.6 Å². The van der Waals surface area contributed by atoms with Gasteiger partial charge in [0.15, 0.2) is 5.69 Å². The van der Waals surface area contributed by atoms with Crippen molar-refractivity contribution in [1.82, 2.24) is 10.3 Å². The van der Waals surface area contributed by atoms with E-state index in [1.165, 1.54) is 27.1 Å². The first-order chi connectivity index (χ1) is 15.0. The van der Waals surface area contributed by atoms with Crippen LogP contribution in [0.3, 0.4) is 0 Å². The summed E-state index contributed by atoms with van der Waals surface area (Å²) in [5.41, 5.74) is -1.38. The molecule has 1 heterocycles. The number of aromatic nitrogens is 1. The highest BCUT2D eigenvalue weighted by Gasteiger charge is 2.32. The van der Waals surface area contributed by atoms with Gasteiger partial charge in [0.05, 0.1) is 18.7 Å². The highest BCUT2D eigenvalue weighted by atomic mass is 19.4. The summed E-state index contributed by atoms with van der Waals surface area (Å²) >= 11 is 0. The van der Waals surface area contributed by atoms with Crippen LogP contribution in [0.1, 0.15) is 34.6 Å². The molecule has 0 fully saturated rings. The molecule has 2 aromatic carbocycles. The van der Waals surface area contributed by atoms with Gasteiger partial charge in [-0.1, -0.05) is 0 Å². The molecule has 170 valence electrons. The summed E-state index contributed by atoms with van der Waals surface area (Å²) < 4.78 is 77.3. The quantitative estimate of drug-likeness (QED) is 0.501. The molecule has 3 rings (SSSR count). The lowest BCUT2D eigenvalue weighted by molar-refractivity contribution is -0.137. The van der Waals surface area contributed by atoms with E-state index in [1.807, 2.05) is 0 Å². The number of nitrogens with one attached hydrogen (secondary N) is 2. The first-order valence-electron chi connectivity index (χ1n) is 9.23. The van der Waals surface area contributed by atoms with Crippen LogP contribution >= 0.6 is 0 Å². The van der Waals surface area contributed by atoms with E-state index in [0.717, 1.165) is 30.5 Å². The molecule has 0 bridgehead atoms. The molecule has 0 aliphatic rings. The highest BCUT2D eigenvalue weighted by Crippen LogP contribution is 2.35. The fourth-order valence-electron chi connectivity index (χ4n) is 2.95. The second-order valence-electron chi connectivity index (χ2n) is 6.79. The number of benzene rings is 2. The molecule has 0 aliphatic heterocycles. The number of amides is 1. The summed E-state index contributed by atoms with van der Waals surface area (Å²) in [5.74, 6) is -2.70. The smallest absolute Gasteiger partial charge is 0.416 e. The van der Waals surface area contributed by atoms with Crippen molar-refractivity contribution in [3.05, 3.63) is 65.1 Å². The molecular weight excluding hydrogens is 437 g/mol. The zero-order valence-corrected chi connectivity index (χ0v) is 17.1. The van der Waals surface area contributed by atoms with Crippen LogP contribution < -0.4 is 15.4 Å². The number of methoxy groups -OCH3 is 1. The minimum absolute atomic E-state index is 0.0458. The molecule has 0 aliphatic carbocycles. The summed E-state index contributed by atoms with van der Waals surface area (Å²) in [4.78, 5) is 16.4. The number of carbonyl (C=O) groups excluding carboxylic acids is 1. The van der Waals surface area contributed by atoms with Crippen molar-refractivity contribution in [2.45, 2.75) is 19.1 Å². The van der Waals surface area contributed by atoms with Crippen molar-refractivity contribution < 1.29 is 35.9 Å². The monoisotopic (exact) mass is 455 g/mol. The van der Waals surface area contributed by atoms with Gasteiger partial charge in [0, 0.05) is 12.6 Å².